The number of hydrogen-bond donors (Lipinski definition) is 1. The molecule has 0 aliphatic carbocycles. The maximum atomic E-state index is 13.1. The lowest BCUT2D eigenvalue weighted by Crippen LogP contribution is -2.30. The zero-order chi connectivity index (χ0) is 22.6. The highest BCUT2D eigenvalue weighted by atomic mass is 19.1. The number of hydrogen-bond acceptors (Lipinski definition) is 7. The zero-order valence-electron chi connectivity index (χ0n) is 17.4. The van der Waals surface area contributed by atoms with Gasteiger partial charge in [0.25, 0.3) is 5.91 Å². The molecule has 4 aromatic rings. The molecule has 1 atom stereocenters. The summed E-state index contributed by atoms with van der Waals surface area (Å²) in [6, 6.07) is 8.14. The molecule has 1 amide bonds. The summed E-state index contributed by atoms with van der Waals surface area (Å²) in [6.07, 6.45) is 10.1. The van der Waals surface area contributed by atoms with E-state index in [9.17, 15) is 9.18 Å². The highest BCUT2D eigenvalue weighted by Crippen LogP contribution is 2.29. The van der Waals surface area contributed by atoms with Crippen LogP contribution in [-0.2, 0) is 4.84 Å². The van der Waals surface area contributed by atoms with Gasteiger partial charge in [0.2, 0.25) is 5.95 Å². The van der Waals surface area contributed by atoms with Gasteiger partial charge in [-0.2, -0.15) is 4.39 Å². The highest BCUT2D eigenvalue weighted by Gasteiger charge is 2.23. The van der Waals surface area contributed by atoms with Crippen LogP contribution in [0.2, 0.25) is 0 Å². The molecule has 5 heterocycles. The van der Waals surface area contributed by atoms with Crippen LogP contribution in [0.4, 0.5) is 4.39 Å². The predicted octanol–water partition coefficient (Wildman–Crippen LogP) is 2.88. The molecule has 4 aromatic heterocycles. The van der Waals surface area contributed by atoms with Crippen LogP contribution < -0.4 is 10.1 Å². The third kappa shape index (κ3) is 4.64. The van der Waals surface area contributed by atoms with Gasteiger partial charge in [-0.3, -0.25) is 9.78 Å². The molecule has 0 radical (unpaired) electrons. The number of amides is 1. The van der Waals surface area contributed by atoms with Crippen molar-refractivity contribution in [3.63, 3.8) is 0 Å². The van der Waals surface area contributed by atoms with Gasteiger partial charge in [0, 0.05) is 54.7 Å². The molecule has 0 saturated carbocycles. The van der Waals surface area contributed by atoms with Crippen molar-refractivity contribution < 1.29 is 18.8 Å². The Morgan fingerprint density at radius 2 is 2.12 bits per heavy atom. The van der Waals surface area contributed by atoms with Crippen LogP contribution in [0.25, 0.3) is 16.8 Å². The van der Waals surface area contributed by atoms with Crippen molar-refractivity contribution in [1.82, 2.24) is 24.7 Å². The van der Waals surface area contributed by atoms with Crippen LogP contribution in [0.1, 0.15) is 16.8 Å². The summed E-state index contributed by atoms with van der Waals surface area (Å²) < 4.78 is 20.8. The summed E-state index contributed by atoms with van der Waals surface area (Å²) in [5.41, 5.74) is 3.42. The number of halogens is 1. The molecule has 0 saturated heterocycles. The van der Waals surface area contributed by atoms with E-state index in [1.807, 2.05) is 0 Å². The number of rotatable bonds is 7. The Balaban J connectivity index is 1.14. The standard InChI is InChI=1S/C23H19FN6O3/c24-21-3-1-15(10-27-21)19-12-25-6-5-20(19)32-14-18-9-17(29-33-18)11-28-23(31)16-2-4-22-26-7-8-30(22)13-16/h1-8,10,12-13,18H,9,11,14H2,(H,28,31). The van der Waals surface area contributed by atoms with Gasteiger partial charge < -0.3 is 19.3 Å². The first-order valence-corrected chi connectivity index (χ1v) is 10.3. The number of carbonyl (C=O) groups is 1. The van der Waals surface area contributed by atoms with Gasteiger partial charge in [0.1, 0.15) is 18.0 Å². The van der Waals surface area contributed by atoms with Gasteiger partial charge in [0.05, 0.1) is 17.8 Å². The van der Waals surface area contributed by atoms with Crippen LogP contribution in [0, 0.1) is 5.95 Å². The Labute approximate surface area is 187 Å². The summed E-state index contributed by atoms with van der Waals surface area (Å²) in [4.78, 5) is 29.9. The van der Waals surface area contributed by atoms with E-state index in [0.29, 0.717) is 28.9 Å². The minimum atomic E-state index is -0.552. The largest absolute Gasteiger partial charge is 0.489 e. The van der Waals surface area contributed by atoms with Gasteiger partial charge in [-0.25, -0.2) is 9.97 Å². The first-order valence-electron chi connectivity index (χ1n) is 10.3. The number of nitrogens with one attached hydrogen (secondary N) is 1. The fourth-order valence-corrected chi connectivity index (χ4v) is 3.46. The lowest BCUT2D eigenvalue weighted by Gasteiger charge is -2.13. The van der Waals surface area contributed by atoms with E-state index in [0.717, 1.165) is 11.4 Å². The smallest absolute Gasteiger partial charge is 0.253 e. The Morgan fingerprint density at radius 1 is 1.18 bits per heavy atom. The van der Waals surface area contributed by atoms with Crippen molar-refractivity contribution in [2.45, 2.75) is 12.5 Å². The Hall–Kier alpha value is -4.34. The van der Waals surface area contributed by atoms with E-state index in [2.05, 4.69) is 25.4 Å². The summed E-state index contributed by atoms with van der Waals surface area (Å²) in [5.74, 6) is -0.176. The van der Waals surface area contributed by atoms with Crippen LogP contribution in [0.3, 0.4) is 0 Å². The highest BCUT2D eigenvalue weighted by molar-refractivity contribution is 5.98. The first-order chi connectivity index (χ1) is 16.2. The second-order valence-electron chi connectivity index (χ2n) is 7.43. The third-order valence-corrected chi connectivity index (χ3v) is 5.14. The number of ether oxygens (including phenoxy) is 1. The number of nitrogens with zero attached hydrogens (tertiary/aromatic N) is 5. The van der Waals surface area contributed by atoms with E-state index in [4.69, 9.17) is 9.57 Å². The Bertz CT molecular complexity index is 1320. The number of fused-ring (bicyclic) bond motifs is 1. The number of oxime groups is 1. The number of imidazole rings is 1. The lowest BCUT2D eigenvalue weighted by atomic mass is 10.1. The average molecular weight is 446 g/mol. The van der Waals surface area contributed by atoms with Crippen molar-refractivity contribution >= 4 is 17.3 Å². The molecular weight excluding hydrogens is 427 g/mol. The van der Waals surface area contributed by atoms with Crippen LogP contribution >= 0.6 is 0 Å². The van der Waals surface area contributed by atoms with Gasteiger partial charge in [-0.15, -0.1) is 0 Å². The molecule has 0 bridgehead atoms. The molecular formula is C23H19FN6O3. The Morgan fingerprint density at radius 3 is 3.00 bits per heavy atom. The van der Waals surface area contributed by atoms with Gasteiger partial charge >= 0.3 is 0 Å². The van der Waals surface area contributed by atoms with Crippen molar-refractivity contribution in [2.24, 2.45) is 5.16 Å². The monoisotopic (exact) mass is 446 g/mol. The minimum absolute atomic E-state index is 0.206. The molecule has 1 aliphatic heterocycles. The molecule has 1 N–H and O–H groups in total. The van der Waals surface area contributed by atoms with E-state index in [1.165, 1.54) is 12.3 Å². The molecule has 0 aromatic carbocycles. The summed E-state index contributed by atoms with van der Waals surface area (Å²) in [6.45, 7) is 0.531. The van der Waals surface area contributed by atoms with E-state index in [1.54, 1.807) is 59.7 Å². The molecule has 0 fully saturated rings. The van der Waals surface area contributed by atoms with E-state index in [-0.39, 0.29) is 25.2 Å². The average Bonchev–Trinajstić information content (AvgIpc) is 3.51. The van der Waals surface area contributed by atoms with Gasteiger partial charge in [-0.05, 0) is 30.3 Å². The topological polar surface area (TPSA) is 103 Å². The molecule has 1 unspecified atom stereocenters. The molecule has 0 spiro atoms. The zero-order valence-corrected chi connectivity index (χ0v) is 17.4. The van der Waals surface area contributed by atoms with Crippen molar-refractivity contribution in [2.75, 3.05) is 13.2 Å². The summed E-state index contributed by atoms with van der Waals surface area (Å²) >= 11 is 0. The second-order valence-corrected chi connectivity index (χ2v) is 7.43. The number of pyridine rings is 3. The van der Waals surface area contributed by atoms with Crippen LogP contribution in [-0.4, -0.2) is 50.2 Å². The fraction of sp³-hybridized carbons (Fsp3) is 0.174. The molecule has 10 heteroatoms. The Kier molecular flexibility index (Phi) is 5.62. The van der Waals surface area contributed by atoms with Crippen molar-refractivity contribution in [1.29, 1.82) is 0 Å². The van der Waals surface area contributed by atoms with Gasteiger partial charge in [-0.1, -0.05) is 5.16 Å². The van der Waals surface area contributed by atoms with Crippen LogP contribution in [0.5, 0.6) is 5.75 Å². The molecule has 1 aliphatic rings. The number of aromatic nitrogens is 4. The van der Waals surface area contributed by atoms with E-state index < -0.39 is 5.95 Å². The first kappa shape index (κ1) is 20.6. The van der Waals surface area contributed by atoms with Crippen LogP contribution in [0.15, 0.2) is 72.7 Å². The normalized spacial score (nSPS) is 15.2. The number of carbonyl (C=O) groups excluding carboxylic acids is 1. The summed E-state index contributed by atoms with van der Waals surface area (Å²) in [5, 5.41) is 6.93. The second kappa shape index (κ2) is 9.03. The SMILES string of the molecule is O=C(NCC1=NOC(COc2ccncc2-c2ccc(F)nc2)C1)c1ccc2nccn2c1. The quantitative estimate of drug-likeness (QED) is 0.438. The lowest BCUT2D eigenvalue weighted by molar-refractivity contribution is 0.0472. The molecule has 5 rings (SSSR count). The van der Waals surface area contributed by atoms with E-state index >= 15 is 0 Å². The minimum Gasteiger partial charge on any atom is -0.489 e. The maximum absolute atomic E-state index is 13.1. The maximum Gasteiger partial charge on any atom is 0.253 e. The van der Waals surface area contributed by atoms with Crippen molar-refractivity contribution in [3.8, 4) is 16.9 Å². The molecule has 9 nitrogen and oxygen atoms in total. The van der Waals surface area contributed by atoms with Gasteiger partial charge in [0.15, 0.2) is 6.10 Å². The predicted molar refractivity (Wildman–Crippen MR) is 117 cm³/mol. The molecule has 166 valence electrons. The molecule has 33 heavy (non-hydrogen) atoms. The summed E-state index contributed by atoms with van der Waals surface area (Å²) in [7, 11) is 0. The fourth-order valence-electron chi connectivity index (χ4n) is 3.46. The third-order valence-electron chi connectivity index (χ3n) is 5.14. The van der Waals surface area contributed by atoms with Crippen molar-refractivity contribution in [3.05, 3.63) is 79.0 Å².